The zero-order chi connectivity index (χ0) is 29.7. The summed E-state index contributed by atoms with van der Waals surface area (Å²) in [5.41, 5.74) is 4.87. The summed E-state index contributed by atoms with van der Waals surface area (Å²) in [7, 11) is -3.52. The van der Waals surface area contributed by atoms with Crippen molar-refractivity contribution in [3.8, 4) is 17.2 Å². The quantitative estimate of drug-likeness (QED) is 0.166. The van der Waals surface area contributed by atoms with E-state index in [2.05, 4.69) is 29.4 Å². The monoisotopic (exact) mass is 578 g/mol. The number of anilines is 3. The second-order valence-electron chi connectivity index (χ2n) is 7.86. The van der Waals surface area contributed by atoms with Crippen molar-refractivity contribution in [3.63, 3.8) is 0 Å². The highest BCUT2D eigenvalue weighted by Gasteiger charge is 2.17. The van der Waals surface area contributed by atoms with Crippen molar-refractivity contribution >= 4 is 45.6 Å². The van der Waals surface area contributed by atoms with Crippen molar-refractivity contribution in [2.24, 2.45) is 0 Å². The molecule has 0 unspecified atom stereocenters. The molecule has 2 amide bonds. The second-order valence-corrected chi connectivity index (χ2v) is 9.85. The van der Waals surface area contributed by atoms with Gasteiger partial charge in [0.25, 0.3) is 0 Å². The van der Waals surface area contributed by atoms with Gasteiger partial charge >= 0.3 is 6.03 Å². The Kier molecular flexibility index (Phi) is 12.2. The molecule has 0 fully saturated rings. The van der Waals surface area contributed by atoms with Crippen LogP contribution in [0.15, 0.2) is 102 Å². The van der Waals surface area contributed by atoms with Crippen LogP contribution in [-0.2, 0) is 9.84 Å². The molecule has 0 saturated heterocycles. The summed E-state index contributed by atoms with van der Waals surface area (Å²) in [5.74, 6) is -0.733. The number of thiol groups is 1. The van der Waals surface area contributed by atoms with E-state index in [0.717, 1.165) is 6.26 Å². The molecule has 0 saturated carbocycles. The molecular weight excluding hydrogens is 547 g/mol. The minimum atomic E-state index is -3.52. The fraction of sp³-hybridized carbons (Fsp3) is 0.133. The van der Waals surface area contributed by atoms with E-state index in [4.69, 9.17) is 0 Å². The third-order valence-corrected chi connectivity index (χ3v) is 6.43. The van der Waals surface area contributed by atoms with Gasteiger partial charge < -0.3 is 5.32 Å². The molecule has 0 aliphatic rings. The normalized spacial score (nSPS) is 10.0. The number of halogens is 1. The summed E-state index contributed by atoms with van der Waals surface area (Å²) in [6, 6.07) is 27.4. The van der Waals surface area contributed by atoms with Gasteiger partial charge in [-0.15, -0.1) is 0 Å². The lowest BCUT2D eigenvalue weighted by Gasteiger charge is -2.25. The molecule has 0 aliphatic carbocycles. The summed E-state index contributed by atoms with van der Waals surface area (Å²) in [4.78, 5) is 12.9. The molecule has 7 nitrogen and oxygen atoms in total. The maximum atomic E-state index is 15.0. The Morgan fingerprint density at radius 3 is 2.12 bits per heavy atom. The topological polar surface area (TPSA) is 102 Å². The van der Waals surface area contributed by atoms with Gasteiger partial charge in [-0.05, 0) is 60.4 Å². The highest BCUT2D eigenvalue weighted by Crippen LogP contribution is 2.30. The van der Waals surface area contributed by atoms with Crippen molar-refractivity contribution in [3.05, 3.63) is 108 Å². The molecule has 0 bridgehead atoms. The second kappa shape index (κ2) is 15.3. The number of nitriles is 1. The van der Waals surface area contributed by atoms with Gasteiger partial charge in [0, 0.05) is 11.8 Å². The minimum absolute atomic E-state index is 0.0842. The highest BCUT2D eigenvalue weighted by atomic mass is 32.2. The van der Waals surface area contributed by atoms with E-state index in [0.29, 0.717) is 28.1 Å². The van der Waals surface area contributed by atoms with Crippen molar-refractivity contribution in [1.82, 2.24) is 5.43 Å². The standard InChI is InChI=1S/C27H21FN4O3S.C2H6.CH4S/c1-36(34,35)26-13-6-5-12-23(26)20-14-15-25(24(28)17-20)30-27(33)31-32(21-9-3-2-4-10-21)22-11-7-8-19(16-22)18-29;2*1-2/h2-17H,1H3,(H2,30,31,33);1-2H3;2H,1H3. The molecule has 2 N–H and O–H groups in total. The van der Waals surface area contributed by atoms with Crippen LogP contribution in [0.1, 0.15) is 19.4 Å². The smallest absolute Gasteiger partial charge is 0.304 e. The van der Waals surface area contributed by atoms with Crippen molar-refractivity contribution < 1.29 is 17.6 Å². The first-order valence-corrected chi connectivity index (χ1v) is 15.0. The summed E-state index contributed by atoms with van der Waals surface area (Å²) in [6.07, 6.45) is 2.78. The molecule has 10 heteroatoms. The van der Waals surface area contributed by atoms with E-state index in [1.165, 1.54) is 29.3 Å². The predicted molar refractivity (Wildman–Crippen MR) is 163 cm³/mol. The molecular formula is C30H31FN4O3S2. The number of carbonyl (C=O) groups is 1. The number of rotatable bonds is 6. The van der Waals surface area contributed by atoms with Crippen LogP contribution in [-0.4, -0.2) is 27.0 Å². The van der Waals surface area contributed by atoms with Gasteiger partial charge in [0.1, 0.15) is 5.82 Å². The van der Waals surface area contributed by atoms with Crippen LogP contribution in [0.2, 0.25) is 0 Å². The first kappa shape index (κ1) is 31.9. The number of nitrogens with zero attached hydrogens (tertiary/aromatic N) is 2. The Morgan fingerprint density at radius 2 is 1.50 bits per heavy atom. The first-order valence-electron chi connectivity index (χ1n) is 12.2. The number of carbonyl (C=O) groups excluding carboxylic acids is 1. The van der Waals surface area contributed by atoms with Crippen molar-refractivity contribution in [2.45, 2.75) is 18.7 Å². The third kappa shape index (κ3) is 8.33. The molecule has 4 aromatic carbocycles. The summed E-state index contributed by atoms with van der Waals surface area (Å²) in [5, 5.41) is 13.2. The average Bonchev–Trinajstić information content (AvgIpc) is 2.99. The Labute approximate surface area is 240 Å². The van der Waals surface area contributed by atoms with Gasteiger partial charge in [0.05, 0.1) is 33.6 Å². The van der Waals surface area contributed by atoms with E-state index >= 15 is 0 Å². The fourth-order valence-corrected chi connectivity index (χ4v) is 4.55. The van der Waals surface area contributed by atoms with Crippen LogP contribution in [0.3, 0.4) is 0 Å². The van der Waals surface area contributed by atoms with Crippen LogP contribution < -0.4 is 15.8 Å². The van der Waals surface area contributed by atoms with Crippen molar-refractivity contribution in [1.29, 1.82) is 5.26 Å². The number of hydrogen-bond acceptors (Lipinski definition) is 6. The molecule has 0 aromatic heterocycles. The molecule has 40 heavy (non-hydrogen) atoms. The molecule has 0 atom stereocenters. The van der Waals surface area contributed by atoms with Gasteiger partial charge in [-0.3, -0.25) is 5.01 Å². The van der Waals surface area contributed by atoms with Gasteiger partial charge in [-0.2, -0.15) is 17.9 Å². The maximum Gasteiger partial charge on any atom is 0.338 e. The largest absolute Gasteiger partial charge is 0.338 e. The minimum Gasteiger partial charge on any atom is -0.304 e. The Bertz CT molecular complexity index is 1570. The number of urea groups is 1. The zero-order valence-corrected chi connectivity index (χ0v) is 24.3. The molecule has 0 radical (unpaired) electrons. The van der Waals surface area contributed by atoms with Crippen LogP contribution in [0.4, 0.5) is 26.2 Å². The Balaban J connectivity index is 0.00000134. The van der Waals surface area contributed by atoms with Crippen molar-refractivity contribution in [2.75, 3.05) is 22.8 Å². The Morgan fingerprint density at radius 1 is 0.875 bits per heavy atom. The van der Waals surface area contributed by atoms with E-state index in [9.17, 15) is 22.9 Å². The average molecular weight is 579 g/mol. The number of amides is 2. The van der Waals surface area contributed by atoms with Gasteiger partial charge in [-0.25, -0.2) is 23.0 Å². The third-order valence-electron chi connectivity index (χ3n) is 5.28. The maximum absolute atomic E-state index is 15.0. The summed E-state index contributed by atoms with van der Waals surface area (Å²) >= 11 is 3.53. The molecule has 4 aromatic rings. The number of hydrazine groups is 1. The summed E-state index contributed by atoms with van der Waals surface area (Å²) < 4.78 is 39.2. The van der Waals surface area contributed by atoms with Crippen LogP contribution in [0, 0.1) is 17.1 Å². The molecule has 4 rings (SSSR count). The van der Waals surface area contributed by atoms with Gasteiger partial charge in [-0.1, -0.05) is 62.4 Å². The molecule has 0 spiro atoms. The first-order chi connectivity index (χ1) is 19.3. The van der Waals surface area contributed by atoms with Gasteiger partial charge in [0.2, 0.25) is 0 Å². The highest BCUT2D eigenvalue weighted by molar-refractivity contribution is 7.90. The van der Waals surface area contributed by atoms with Crippen LogP contribution in [0.5, 0.6) is 0 Å². The number of sulfone groups is 1. The van der Waals surface area contributed by atoms with E-state index in [1.807, 2.05) is 19.9 Å². The number of hydrogen-bond donors (Lipinski definition) is 3. The lowest BCUT2D eigenvalue weighted by Crippen LogP contribution is -2.41. The van der Waals surface area contributed by atoms with E-state index in [1.54, 1.807) is 73.0 Å². The van der Waals surface area contributed by atoms with Gasteiger partial charge in [0.15, 0.2) is 9.84 Å². The van der Waals surface area contributed by atoms with E-state index < -0.39 is 21.7 Å². The fourth-order valence-electron chi connectivity index (χ4n) is 3.63. The van der Waals surface area contributed by atoms with E-state index in [-0.39, 0.29) is 10.6 Å². The number of benzene rings is 4. The zero-order valence-electron chi connectivity index (χ0n) is 22.6. The molecule has 0 aliphatic heterocycles. The lowest BCUT2D eigenvalue weighted by atomic mass is 10.1. The number of para-hydroxylation sites is 1. The molecule has 208 valence electrons. The molecule has 0 heterocycles. The van der Waals surface area contributed by atoms with Crippen LogP contribution in [0.25, 0.3) is 11.1 Å². The van der Waals surface area contributed by atoms with Crippen LogP contribution >= 0.6 is 12.6 Å². The predicted octanol–water partition coefficient (Wildman–Crippen LogP) is 7.21. The Hall–Kier alpha value is -4.33. The summed E-state index contributed by atoms with van der Waals surface area (Å²) in [6.45, 7) is 4.00. The number of nitrogens with one attached hydrogen (secondary N) is 2. The SMILES string of the molecule is CC.CS.CS(=O)(=O)c1ccccc1-c1ccc(NC(=O)NN(c2ccccc2)c2cccc(C#N)c2)c(F)c1. The lowest BCUT2D eigenvalue weighted by molar-refractivity contribution is 0.252.